The summed E-state index contributed by atoms with van der Waals surface area (Å²) in [4.78, 5) is 16.2. The lowest BCUT2D eigenvalue weighted by atomic mass is 10.1. The van der Waals surface area contributed by atoms with Crippen molar-refractivity contribution in [2.45, 2.75) is 45.1 Å². The maximum atomic E-state index is 11.9. The van der Waals surface area contributed by atoms with Gasteiger partial charge in [-0.15, -0.1) is 0 Å². The summed E-state index contributed by atoms with van der Waals surface area (Å²) in [6, 6.07) is -0.0495. The smallest absolute Gasteiger partial charge is 0.243 e. The summed E-state index contributed by atoms with van der Waals surface area (Å²) < 4.78 is 2.05. The van der Waals surface area contributed by atoms with E-state index >= 15 is 0 Å². The van der Waals surface area contributed by atoms with Gasteiger partial charge in [0.2, 0.25) is 5.91 Å². The minimum absolute atomic E-state index is 0.0495. The van der Waals surface area contributed by atoms with Crippen LogP contribution in [-0.2, 0) is 11.2 Å². The third-order valence-electron chi connectivity index (χ3n) is 3.06. The molecule has 0 bridgehead atoms. The average molecular weight is 221 g/mol. The van der Waals surface area contributed by atoms with Gasteiger partial charge in [-0.1, -0.05) is 6.92 Å². The average Bonchev–Trinajstić information content (AvgIpc) is 2.61. The van der Waals surface area contributed by atoms with Crippen LogP contribution in [-0.4, -0.2) is 22.0 Å². The molecule has 0 saturated carbocycles. The molecule has 1 unspecified atom stereocenters. The van der Waals surface area contributed by atoms with Crippen molar-refractivity contribution in [2.24, 2.45) is 0 Å². The van der Waals surface area contributed by atoms with E-state index in [0.29, 0.717) is 0 Å². The Kier molecular flexibility index (Phi) is 3.59. The molecule has 2 rings (SSSR count). The van der Waals surface area contributed by atoms with Crippen LogP contribution in [0.4, 0.5) is 0 Å². The number of carbonyl (C=O) groups excluding carboxylic acids is 1. The molecule has 88 valence electrons. The fourth-order valence-electron chi connectivity index (χ4n) is 2.23. The van der Waals surface area contributed by atoms with Gasteiger partial charge in [0.15, 0.2) is 0 Å². The zero-order valence-electron chi connectivity index (χ0n) is 9.78. The Morgan fingerprint density at radius 3 is 3.25 bits per heavy atom. The largest absolute Gasteiger partial charge is 0.354 e. The third kappa shape index (κ3) is 2.26. The van der Waals surface area contributed by atoms with Crippen molar-refractivity contribution in [2.75, 3.05) is 6.54 Å². The van der Waals surface area contributed by atoms with Gasteiger partial charge in [-0.3, -0.25) is 4.79 Å². The van der Waals surface area contributed by atoms with Crippen molar-refractivity contribution in [3.05, 3.63) is 18.2 Å². The molecular formula is C12H19N3O. The van der Waals surface area contributed by atoms with Crippen molar-refractivity contribution < 1.29 is 4.79 Å². The molecule has 16 heavy (non-hydrogen) atoms. The summed E-state index contributed by atoms with van der Waals surface area (Å²) >= 11 is 0. The Labute approximate surface area is 96.1 Å². The molecule has 1 saturated heterocycles. The first kappa shape index (κ1) is 11.2. The predicted octanol–water partition coefficient (Wildman–Crippen LogP) is 1.68. The molecule has 1 N–H and O–H groups in total. The summed E-state index contributed by atoms with van der Waals surface area (Å²) in [5.74, 6) is 1.18. The van der Waals surface area contributed by atoms with Gasteiger partial charge in [-0.25, -0.2) is 4.98 Å². The number of hydrogen-bond donors (Lipinski definition) is 1. The molecule has 1 aromatic rings. The Morgan fingerprint density at radius 2 is 2.44 bits per heavy atom. The summed E-state index contributed by atoms with van der Waals surface area (Å²) in [5, 5.41) is 2.96. The topological polar surface area (TPSA) is 46.9 Å². The third-order valence-corrected chi connectivity index (χ3v) is 3.06. The van der Waals surface area contributed by atoms with Crippen LogP contribution in [0, 0.1) is 0 Å². The van der Waals surface area contributed by atoms with Crippen LogP contribution in [0.3, 0.4) is 0 Å². The molecule has 4 nitrogen and oxygen atoms in total. The number of imidazole rings is 1. The number of nitrogens with zero attached hydrogens (tertiary/aromatic N) is 2. The van der Waals surface area contributed by atoms with Gasteiger partial charge < -0.3 is 9.88 Å². The van der Waals surface area contributed by atoms with Gasteiger partial charge in [0.25, 0.3) is 0 Å². The number of carbonyl (C=O) groups is 1. The molecule has 2 heterocycles. The quantitative estimate of drug-likeness (QED) is 0.844. The van der Waals surface area contributed by atoms with Gasteiger partial charge >= 0.3 is 0 Å². The molecule has 0 spiro atoms. The molecule has 0 radical (unpaired) electrons. The van der Waals surface area contributed by atoms with Crippen molar-refractivity contribution in [1.82, 2.24) is 14.9 Å². The van der Waals surface area contributed by atoms with E-state index < -0.39 is 0 Å². The second-order valence-corrected chi connectivity index (χ2v) is 4.30. The lowest BCUT2D eigenvalue weighted by molar-refractivity contribution is -0.124. The van der Waals surface area contributed by atoms with Crippen molar-refractivity contribution >= 4 is 5.91 Å². The summed E-state index contributed by atoms with van der Waals surface area (Å²) in [6.45, 7) is 2.94. The van der Waals surface area contributed by atoms with Gasteiger partial charge in [-0.2, -0.15) is 0 Å². The molecule has 1 aromatic heterocycles. The van der Waals surface area contributed by atoms with E-state index in [1.54, 1.807) is 6.20 Å². The molecular weight excluding hydrogens is 202 g/mol. The highest BCUT2D eigenvalue weighted by Gasteiger charge is 2.23. The Hall–Kier alpha value is -1.32. The molecule has 1 atom stereocenters. The number of hydrogen-bond acceptors (Lipinski definition) is 2. The first-order chi connectivity index (χ1) is 7.83. The fraction of sp³-hybridized carbons (Fsp3) is 0.667. The Morgan fingerprint density at radius 1 is 1.56 bits per heavy atom. The zero-order chi connectivity index (χ0) is 11.4. The molecule has 0 aromatic carbocycles. The fourth-order valence-corrected chi connectivity index (χ4v) is 2.23. The SMILES string of the molecule is CCCc1nccn1C1CCCCNC1=O. The van der Waals surface area contributed by atoms with E-state index in [0.717, 1.165) is 44.5 Å². The minimum Gasteiger partial charge on any atom is -0.354 e. The summed E-state index contributed by atoms with van der Waals surface area (Å²) in [6.07, 6.45) is 8.85. The van der Waals surface area contributed by atoms with Crippen molar-refractivity contribution in [3.8, 4) is 0 Å². The summed E-state index contributed by atoms with van der Waals surface area (Å²) in [7, 11) is 0. The number of rotatable bonds is 3. The Bertz CT molecular complexity index is 359. The van der Waals surface area contributed by atoms with Gasteiger partial charge in [0.05, 0.1) is 0 Å². The molecule has 1 amide bonds. The van der Waals surface area contributed by atoms with Crippen LogP contribution in [0.25, 0.3) is 0 Å². The minimum atomic E-state index is -0.0495. The number of aryl methyl sites for hydroxylation is 1. The molecule has 1 aliphatic heterocycles. The van der Waals surface area contributed by atoms with E-state index in [1.165, 1.54) is 0 Å². The number of aromatic nitrogens is 2. The number of amides is 1. The maximum Gasteiger partial charge on any atom is 0.243 e. The van der Waals surface area contributed by atoms with Gasteiger partial charge in [-0.05, 0) is 25.7 Å². The second kappa shape index (κ2) is 5.14. The zero-order valence-corrected chi connectivity index (χ0v) is 9.78. The first-order valence-corrected chi connectivity index (χ1v) is 6.12. The maximum absolute atomic E-state index is 11.9. The normalized spacial score (nSPS) is 21.6. The Balaban J connectivity index is 2.20. The van der Waals surface area contributed by atoms with Gasteiger partial charge in [0.1, 0.15) is 11.9 Å². The van der Waals surface area contributed by atoms with E-state index in [2.05, 4.69) is 17.2 Å². The van der Waals surface area contributed by atoms with Crippen LogP contribution in [0.1, 0.15) is 44.5 Å². The predicted molar refractivity (Wildman–Crippen MR) is 62.1 cm³/mol. The number of nitrogens with one attached hydrogen (secondary N) is 1. The highest BCUT2D eigenvalue weighted by atomic mass is 16.2. The van der Waals surface area contributed by atoms with E-state index in [1.807, 2.05) is 10.8 Å². The lowest BCUT2D eigenvalue weighted by Crippen LogP contribution is -2.31. The highest BCUT2D eigenvalue weighted by Crippen LogP contribution is 2.20. The van der Waals surface area contributed by atoms with Crippen LogP contribution < -0.4 is 5.32 Å². The van der Waals surface area contributed by atoms with Crippen LogP contribution in [0.5, 0.6) is 0 Å². The van der Waals surface area contributed by atoms with Gasteiger partial charge in [0, 0.05) is 25.4 Å². The van der Waals surface area contributed by atoms with E-state index in [4.69, 9.17) is 0 Å². The molecule has 4 heteroatoms. The summed E-state index contributed by atoms with van der Waals surface area (Å²) in [5.41, 5.74) is 0. The molecule has 0 aliphatic carbocycles. The second-order valence-electron chi connectivity index (χ2n) is 4.30. The van der Waals surface area contributed by atoms with E-state index in [-0.39, 0.29) is 11.9 Å². The van der Waals surface area contributed by atoms with Crippen LogP contribution in [0.15, 0.2) is 12.4 Å². The monoisotopic (exact) mass is 221 g/mol. The highest BCUT2D eigenvalue weighted by molar-refractivity contribution is 5.80. The standard InChI is InChI=1S/C12H19N3O/c1-2-5-11-13-8-9-15(11)10-6-3-4-7-14-12(10)16/h8-10H,2-7H2,1H3,(H,14,16). The van der Waals surface area contributed by atoms with Crippen LogP contribution >= 0.6 is 0 Å². The first-order valence-electron chi connectivity index (χ1n) is 6.12. The lowest BCUT2D eigenvalue weighted by Gasteiger charge is -2.17. The van der Waals surface area contributed by atoms with Crippen LogP contribution in [0.2, 0.25) is 0 Å². The van der Waals surface area contributed by atoms with Crippen molar-refractivity contribution in [1.29, 1.82) is 0 Å². The molecule has 1 fully saturated rings. The van der Waals surface area contributed by atoms with E-state index in [9.17, 15) is 4.79 Å². The van der Waals surface area contributed by atoms with Crippen molar-refractivity contribution in [3.63, 3.8) is 0 Å². The molecule has 1 aliphatic rings.